The Morgan fingerprint density at radius 2 is 1.97 bits per heavy atom. The molecule has 7 nitrogen and oxygen atoms in total. The van der Waals surface area contributed by atoms with Crippen LogP contribution in [0.3, 0.4) is 0 Å². The minimum absolute atomic E-state index is 0.105. The lowest BCUT2D eigenvalue weighted by molar-refractivity contribution is 0.103. The number of amides is 1. The van der Waals surface area contributed by atoms with Crippen molar-refractivity contribution >= 4 is 54.5 Å². The van der Waals surface area contributed by atoms with Gasteiger partial charge in [-0.05, 0) is 53.9 Å². The maximum absolute atomic E-state index is 13.1. The number of rotatable bonds is 5. The first kappa shape index (κ1) is 23.5. The second kappa shape index (κ2) is 9.10. The monoisotopic (exact) mass is 532 g/mol. The molecule has 0 fully saturated rings. The molecule has 4 aromatic rings. The molecule has 3 heterocycles. The van der Waals surface area contributed by atoms with Gasteiger partial charge in [0.2, 0.25) is 5.88 Å². The number of sulfone groups is 1. The van der Waals surface area contributed by atoms with E-state index in [1.165, 1.54) is 54.0 Å². The standard InChI is InChI=1S/C24H18ClFN2O5S2/c1-35(30,31)21-6-7-32-18-12-19-13(8-17(18)21)9-20(34-19)24(29)27-15-10-22(25)28-23(11-15)33-16-4-2-14(26)3-5-16/h2-5,8-12,21H,6-7H2,1H3,(H,27,28,29). The summed E-state index contributed by atoms with van der Waals surface area (Å²) in [6.07, 6.45) is 1.61. The molecule has 1 atom stereocenters. The highest BCUT2D eigenvalue weighted by atomic mass is 35.5. The van der Waals surface area contributed by atoms with Crippen LogP contribution in [0.25, 0.3) is 10.1 Å². The summed E-state index contributed by atoms with van der Waals surface area (Å²) >= 11 is 7.36. The van der Waals surface area contributed by atoms with E-state index in [1.807, 2.05) is 0 Å². The van der Waals surface area contributed by atoms with Crippen LogP contribution in [-0.2, 0) is 9.84 Å². The van der Waals surface area contributed by atoms with Crippen LogP contribution in [-0.4, -0.2) is 32.2 Å². The van der Waals surface area contributed by atoms with E-state index in [0.29, 0.717) is 40.7 Å². The number of hydrogen-bond donors (Lipinski definition) is 1. The normalized spacial score (nSPS) is 15.3. The summed E-state index contributed by atoms with van der Waals surface area (Å²) in [4.78, 5) is 17.5. The number of benzene rings is 2. The highest BCUT2D eigenvalue weighted by Gasteiger charge is 2.30. The molecule has 2 aromatic carbocycles. The first-order valence-electron chi connectivity index (χ1n) is 10.5. The Morgan fingerprint density at radius 3 is 2.71 bits per heavy atom. The maximum atomic E-state index is 13.1. The number of fused-ring (bicyclic) bond motifs is 2. The molecule has 1 amide bonds. The predicted molar refractivity (Wildman–Crippen MR) is 133 cm³/mol. The number of anilines is 1. The van der Waals surface area contributed by atoms with E-state index in [-0.39, 0.29) is 16.9 Å². The number of halogens is 2. The second-order valence-corrected chi connectivity index (χ2v) is 11.7. The van der Waals surface area contributed by atoms with Crippen LogP contribution in [0.15, 0.2) is 54.6 Å². The van der Waals surface area contributed by atoms with Crippen molar-refractivity contribution in [2.45, 2.75) is 11.7 Å². The number of nitrogens with zero attached hydrogens (tertiary/aromatic N) is 1. The highest BCUT2D eigenvalue weighted by molar-refractivity contribution is 7.90. The van der Waals surface area contributed by atoms with Gasteiger partial charge in [0.25, 0.3) is 5.91 Å². The van der Waals surface area contributed by atoms with Gasteiger partial charge in [0, 0.05) is 34.7 Å². The van der Waals surface area contributed by atoms with Crippen molar-refractivity contribution in [1.82, 2.24) is 4.98 Å². The van der Waals surface area contributed by atoms with E-state index in [9.17, 15) is 17.6 Å². The Kier molecular flexibility index (Phi) is 6.12. The lowest BCUT2D eigenvalue weighted by Gasteiger charge is -2.24. The fourth-order valence-electron chi connectivity index (χ4n) is 3.86. The summed E-state index contributed by atoms with van der Waals surface area (Å²) in [7, 11) is -3.30. The lowest BCUT2D eigenvalue weighted by atomic mass is 10.0. The van der Waals surface area contributed by atoms with Crippen LogP contribution < -0.4 is 14.8 Å². The van der Waals surface area contributed by atoms with Gasteiger partial charge in [-0.2, -0.15) is 0 Å². The summed E-state index contributed by atoms with van der Waals surface area (Å²) < 4.78 is 49.7. The molecule has 5 rings (SSSR count). The van der Waals surface area contributed by atoms with Crippen molar-refractivity contribution < 1.29 is 27.1 Å². The zero-order chi connectivity index (χ0) is 24.7. The van der Waals surface area contributed by atoms with Gasteiger partial charge in [-0.1, -0.05) is 11.6 Å². The molecule has 0 saturated carbocycles. The minimum atomic E-state index is -3.30. The molecule has 2 aromatic heterocycles. The van der Waals surface area contributed by atoms with E-state index >= 15 is 0 Å². The number of hydrogen-bond acceptors (Lipinski definition) is 7. The Labute approximate surface area is 209 Å². The van der Waals surface area contributed by atoms with Gasteiger partial charge in [-0.15, -0.1) is 11.3 Å². The van der Waals surface area contributed by atoms with Crippen LogP contribution in [0.2, 0.25) is 5.15 Å². The molecule has 1 unspecified atom stereocenters. The third-order valence-corrected chi connectivity index (χ3v) is 8.25. The SMILES string of the molecule is CS(=O)(=O)C1CCOc2cc3sc(C(=O)Nc4cc(Cl)nc(Oc5ccc(F)cc5)c4)cc3cc21. The zero-order valence-corrected chi connectivity index (χ0v) is 20.6. The Bertz CT molecular complexity index is 1550. The average molecular weight is 533 g/mol. The number of pyridine rings is 1. The minimum Gasteiger partial charge on any atom is -0.493 e. The zero-order valence-electron chi connectivity index (χ0n) is 18.2. The summed E-state index contributed by atoms with van der Waals surface area (Å²) in [5.74, 6) is 0.247. The number of carbonyl (C=O) groups is 1. The summed E-state index contributed by atoms with van der Waals surface area (Å²) in [5.41, 5.74) is 0.976. The molecule has 0 spiro atoms. The van der Waals surface area contributed by atoms with Crippen molar-refractivity contribution in [3.05, 3.63) is 76.0 Å². The third-order valence-electron chi connectivity index (χ3n) is 5.44. The molecule has 180 valence electrons. The molecule has 1 aliphatic heterocycles. The molecule has 0 aliphatic carbocycles. The highest BCUT2D eigenvalue weighted by Crippen LogP contribution is 2.41. The number of thiophene rings is 1. The van der Waals surface area contributed by atoms with Gasteiger partial charge in [-0.25, -0.2) is 17.8 Å². The topological polar surface area (TPSA) is 94.6 Å². The first-order chi connectivity index (χ1) is 16.7. The van der Waals surface area contributed by atoms with Gasteiger partial charge < -0.3 is 14.8 Å². The fraction of sp³-hybridized carbons (Fsp3) is 0.167. The number of carbonyl (C=O) groups excluding carboxylic acids is 1. The average Bonchev–Trinajstić information content (AvgIpc) is 3.21. The van der Waals surface area contributed by atoms with Crippen LogP contribution in [0.5, 0.6) is 17.4 Å². The summed E-state index contributed by atoms with van der Waals surface area (Å²) in [6.45, 7) is 0.320. The van der Waals surface area contributed by atoms with Crippen LogP contribution in [0, 0.1) is 5.82 Å². The van der Waals surface area contributed by atoms with Gasteiger partial charge in [0.15, 0.2) is 9.84 Å². The van der Waals surface area contributed by atoms with E-state index in [0.717, 1.165) is 10.1 Å². The van der Waals surface area contributed by atoms with Crippen LogP contribution >= 0.6 is 22.9 Å². The third kappa shape index (κ3) is 5.09. The lowest BCUT2D eigenvalue weighted by Crippen LogP contribution is -2.20. The fourth-order valence-corrected chi connectivity index (χ4v) is 6.20. The van der Waals surface area contributed by atoms with Gasteiger partial charge >= 0.3 is 0 Å². The van der Waals surface area contributed by atoms with Crippen molar-refractivity contribution in [1.29, 1.82) is 0 Å². The Hall–Kier alpha value is -3.21. The Balaban J connectivity index is 1.40. The summed E-state index contributed by atoms with van der Waals surface area (Å²) in [5, 5.41) is 3.00. The molecule has 11 heteroatoms. The molecule has 0 bridgehead atoms. The van der Waals surface area contributed by atoms with Crippen molar-refractivity contribution in [3.8, 4) is 17.4 Å². The van der Waals surface area contributed by atoms with Crippen LogP contribution in [0.4, 0.5) is 10.1 Å². The van der Waals surface area contributed by atoms with E-state index in [2.05, 4.69) is 10.3 Å². The van der Waals surface area contributed by atoms with E-state index in [4.69, 9.17) is 21.1 Å². The van der Waals surface area contributed by atoms with Crippen LogP contribution in [0.1, 0.15) is 26.9 Å². The molecule has 1 N–H and O–H groups in total. The number of ether oxygens (including phenoxy) is 2. The maximum Gasteiger partial charge on any atom is 0.265 e. The number of nitrogens with one attached hydrogen (secondary N) is 1. The molecule has 0 saturated heterocycles. The van der Waals surface area contributed by atoms with E-state index < -0.39 is 20.9 Å². The number of aromatic nitrogens is 1. The van der Waals surface area contributed by atoms with Crippen molar-refractivity contribution in [3.63, 3.8) is 0 Å². The van der Waals surface area contributed by atoms with Gasteiger partial charge in [0.05, 0.1) is 16.7 Å². The molecular formula is C24H18ClFN2O5S2. The van der Waals surface area contributed by atoms with Gasteiger partial charge in [0.1, 0.15) is 22.5 Å². The molecule has 0 radical (unpaired) electrons. The van der Waals surface area contributed by atoms with E-state index in [1.54, 1.807) is 18.2 Å². The largest absolute Gasteiger partial charge is 0.493 e. The van der Waals surface area contributed by atoms with Gasteiger partial charge in [-0.3, -0.25) is 4.79 Å². The molecular weight excluding hydrogens is 515 g/mol. The smallest absolute Gasteiger partial charge is 0.265 e. The quantitative estimate of drug-likeness (QED) is 0.317. The Morgan fingerprint density at radius 1 is 1.20 bits per heavy atom. The molecule has 1 aliphatic rings. The second-order valence-electron chi connectivity index (χ2n) is 8.02. The predicted octanol–water partition coefficient (Wildman–Crippen LogP) is 6.00. The summed E-state index contributed by atoms with van der Waals surface area (Å²) in [6, 6.07) is 13.7. The molecule has 35 heavy (non-hydrogen) atoms. The van der Waals surface area contributed by atoms with Crippen molar-refractivity contribution in [2.24, 2.45) is 0 Å². The van der Waals surface area contributed by atoms with Crippen molar-refractivity contribution in [2.75, 3.05) is 18.2 Å². The first-order valence-corrected chi connectivity index (χ1v) is 13.6.